The zero-order chi connectivity index (χ0) is 12.3. The largest absolute Gasteiger partial charge is 0.354 e. The van der Waals surface area contributed by atoms with Crippen LogP contribution >= 0.6 is 0 Å². The first kappa shape index (κ1) is 11.4. The van der Waals surface area contributed by atoms with Crippen molar-refractivity contribution >= 4 is 6.29 Å². The quantitative estimate of drug-likeness (QED) is 0.752. The van der Waals surface area contributed by atoms with Crippen LogP contribution in [0, 0.1) is 5.82 Å². The summed E-state index contributed by atoms with van der Waals surface area (Å²) >= 11 is 0. The SMILES string of the molecule is COC(c1ncccc1F)n1cc(C=O)cn1. The van der Waals surface area contributed by atoms with Gasteiger partial charge in [-0.2, -0.15) is 5.10 Å². The molecule has 0 amide bonds. The highest BCUT2D eigenvalue weighted by Crippen LogP contribution is 2.19. The molecular weight excluding hydrogens is 225 g/mol. The first-order valence-electron chi connectivity index (χ1n) is 4.89. The van der Waals surface area contributed by atoms with E-state index < -0.39 is 12.0 Å². The van der Waals surface area contributed by atoms with Gasteiger partial charge >= 0.3 is 0 Å². The fourth-order valence-corrected chi connectivity index (χ4v) is 1.47. The molecule has 88 valence electrons. The topological polar surface area (TPSA) is 57.0 Å². The molecule has 0 aliphatic rings. The Morgan fingerprint density at radius 3 is 3.00 bits per heavy atom. The number of carbonyl (C=O) groups is 1. The Bertz CT molecular complexity index is 527. The Kier molecular flexibility index (Phi) is 3.24. The van der Waals surface area contributed by atoms with Crippen LogP contribution in [0.1, 0.15) is 22.3 Å². The maximum Gasteiger partial charge on any atom is 0.195 e. The summed E-state index contributed by atoms with van der Waals surface area (Å²) < 4.78 is 20.0. The summed E-state index contributed by atoms with van der Waals surface area (Å²) in [5.41, 5.74) is 0.513. The molecule has 0 saturated heterocycles. The van der Waals surface area contributed by atoms with Gasteiger partial charge in [0, 0.05) is 19.5 Å². The first-order valence-corrected chi connectivity index (χ1v) is 4.89. The number of nitrogens with zero attached hydrogens (tertiary/aromatic N) is 3. The highest BCUT2D eigenvalue weighted by molar-refractivity contribution is 5.73. The van der Waals surface area contributed by atoms with Gasteiger partial charge in [-0.1, -0.05) is 0 Å². The molecule has 2 rings (SSSR count). The average molecular weight is 235 g/mol. The second kappa shape index (κ2) is 4.84. The normalized spacial score (nSPS) is 12.4. The molecule has 0 aliphatic heterocycles. The van der Waals surface area contributed by atoms with Gasteiger partial charge in [0.15, 0.2) is 12.5 Å². The number of aldehydes is 1. The molecule has 0 radical (unpaired) electrons. The molecule has 2 aromatic rings. The standard InChI is InChI=1S/C11H10FN3O2/c1-17-11(10-9(12)3-2-4-13-10)15-6-8(7-16)5-14-15/h2-7,11H,1H3. The van der Waals surface area contributed by atoms with Crippen LogP contribution in [-0.2, 0) is 4.74 Å². The third-order valence-electron chi connectivity index (χ3n) is 2.24. The van der Waals surface area contributed by atoms with Crippen LogP contribution in [0.4, 0.5) is 4.39 Å². The summed E-state index contributed by atoms with van der Waals surface area (Å²) in [5, 5.41) is 3.93. The molecule has 1 atom stereocenters. The van der Waals surface area contributed by atoms with E-state index in [0.29, 0.717) is 11.8 Å². The van der Waals surface area contributed by atoms with Crippen molar-refractivity contribution in [1.82, 2.24) is 14.8 Å². The average Bonchev–Trinajstić information content (AvgIpc) is 2.81. The number of halogens is 1. The molecule has 2 aromatic heterocycles. The predicted octanol–water partition coefficient (Wildman–Crippen LogP) is 1.42. The second-order valence-electron chi connectivity index (χ2n) is 3.33. The van der Waals surface area contributed by atoms with Gasteiger partial charge in [-0.05, 0) is 12.1 Å². The lowest BCUT2D eigenvalue weighted by Crippen LogP contribution is -2.16. The summed E-state index contributed by atoms with van der Waals surface area (Å²) in [7, 11) is 1.42. The van der Waals surface area contributed by atoms with E-state index in [1.54, 1.807) is 0 Å². The van der Waals surface area contributed by atoms with E-state index in [2.05, 4.69) is 10.1 Å². The molecule has 1 unspecified atom stereocenters. The van der Waals surface area contributed by atoms with E-state index in [4.69, 9.17) is 4.74 Å². The molecule has 0 fully saturated rings. The number of carbonyl (C=O) groups excluding carboxylic acids is 1. The van der Waals surface area contributed by atoms with Gasteiger partial charge in [-0.15, -0.1) is 0 Å². The summed E-state index contributed by atoms with van der Waals surface area (Å²) in [5.74, 6) is -0.484. The Morgan fingerprint density at radius 2 is 2.41 bits per heavy atom. The Labute approximate surface area is 96.9 Å². The van der Waals surface area contributed by atoms with Crippen LogP contribution in [0.25, 0.3) is 0 Å². The summed E-state index contributed by atoms with van der Waals surface area (Å²) in [4.78, 5) is 14.5. The van der Waals surface area contributed by atoms with Crippen molar-refractivity contribution in [2.45, 2.75) is 6.23 Å². The van der Waals surface area contributed by atoms with Crippen molar-refractivity contribution in [2.75, 3.05) is 7.11 Å². The van der Waals surface area contributed by atoms with E-state index in [0.717, 1.165) is 0 Å². The van der Waals surface area contributed by atoms with Crippen LogP contribution in [0.3, 0.4) is 0 Å². The van der Waals surface area contributed by atoms with E-state index in [9.17, 15) is 9.18 Å². The van der Waals surface area contributed by atoms with Gasteiger partial charge in [0.1, 0.15) is 11.5 Å². The highest BCUT2D eigenvalue weighted by Gasteiger charge is 2.19. The fourth-order valence-electron chi connectivity index (χ4n) is 1.47. The summed E-state index contributed by atoms with van der Waals surface area (Å²) in [6.45, 7) is 0. The van der Waals surface area contributed by atoms with Crippen LogP contribution in [-0.4, -0.2) is 28.2 Å². The summed E-state index contributed by atoms with van der Waals surface area (Å²) in [6, 6.07) is 2.78. The minimum atomic E-state index is -0.787. The van der Waals surface area contributed by atoms with Crippen molar-refractivity contribution in [3.63, 3.8) is 0 Å². The van der Waals surface area contributed by atoms with Crippen molar-refractivity contribution in [2.24, 2.45) is 0 Å². The first-order chi connectivity index (χ1) is 8.26. The van der Waals surface area contributed by atoms with Crippen LogP contribution < -0.4 is 0 Å². The molecule has 6 heteroatoms. The van der Waals surface area contributed by atoms with E-state index in [1.165, 1.54) is 42.5 Å². The molecule has 0 bridgehead atoms. The molecule has 2 heterocycles. The molecule has 5 nitrogen and oxygen atoms in total. The van der Waals surface area contributed by atoms with Crippen molar-refractivity contribution in [3.8, 4) is 0 Å². The molecule has 0 spiro atoms. The number of hydrogen-bond donors (Lipinski definition) is 0. The maximum absolute atomic E-state index is 13.5. The van der Waals surface area contributed by atoms with Crippen LogP contribution in [0.5, 0.6) is 0 Å². The minimum Gasteiger partial charge on any atom is -0.354 e. The van der Waals surface area contributed by atoms with Gasteiger partial charge in [-0.3, -0.25) is 9.78 Å². The number of ether oxygens (including phenoxy) is 1. The van der Waals surface area contributed by atoms with Crippen LogP contribution in [0.2, 0.25) is 0 Å². The summed E-state index contributed by atoms with van der Waals surface area (Å²) in [6.07, 6.45) is 4.18. The number of pyridine rings is 1. The molecule has 17 heavy (non-hydrogen) atoms. The van der Waals surface area contributed by atoms with Crippen molar-refractivity contribution in [3.05, 3.63) is 47.8 Å². The third kappa shape index (κ3) is 2.21. The zero-order valence-corrected chi connectivity index (χ0v) is 9.08. The van der Waals surface area contributed by atoms with E-state index in [-0.39, 0.29) is 5.69 Å². The number of rotatable bonds is 4. The van der Waals surface area contributed by atoms with Crippen LogP contribution in [0.15, 0.2) is 30.7 Å². The lowest BCUT2D eigenvalue weighted by molar-refractivity contribution is 0.0613. The van der Waals surface area contributed by atoms with Crippen molar-refractivity contribution < 1.29 is 13.9 Å². The van der Waals surface area contributed by atoms with Gasteiger partial charge < -0.3 is 4.74 Å². The van der Waals surface area contributed by atoms with Gasteiger partial charge in [0.2, 0.25) is 0 Å². The number of hydrogen-bond acceptors (Lipinski definition) is 4. The third-order valence-corrected chi connectivity index (χ3v) is 2.24. The van der Waals surface area contributed by atoms with Gasteiger partial charge in [-0.25, -0.2) is 9.07 Å². The fraction of sp³-hybridized carbons (Fsp3) is 0.182. The van der Waals surface area contributed by atoms with E-state index in [1.807, 2.05) is 0 Å². The molecule has 0 N–H and O–H groups in total. The van der Waals surface area contributed by atoms with Gasteiger partial charge in [0.25, 0.3) is 0 Å². The Hall–Kier alpha value is -2.08. The lowest BCUT2D eigenvalue weighted by Gasteiger charge is -2.15. The van der Waals surface area contributed by atoms with Crippen molar-refractivity contribution in [1.29, 1.82) is 0 Å². The smallest absolute Gasteiger partial charge is 0.195 e. The Balaban J connectivity index is 2.40. The highest BCUT2D eigenvalue weighted by atomic mass is 19.1. The number of aromatic nitrogens is 3. The maximum atomic E-state index is 13.5. The minimum absolute atomic E-state index is 0.121. The monoisotopic (exact) mass is 235 g/mol. The molecular formula is C11H10FN3O2. The zero-order valence-electron chi connectivity index (χ0n) is 9.08. The predicted molar refractivity (Wildman–Crippen MR) is 57.0 cm³/mol. The Morgan fingerprint density at radius 1 is 1.59 bits per heavy atom. The lowest BCUT2D eigenvalue weighted by atomic mass is 10.3. The molecule has 0 aliphatic carbocycles. The van der Waals surface area contributed by atoms with E-state index >= 15 is 0 Å². The number of methoxy groups -OCH3 is 1. The second-order valence-corrected chi connectivity index (χ2v) is 3.33. The van der Waals surface area contributed by atoms with Gasteiger partial charge in [0.05, 0.1) is 11.8 Å². The molecule has 0 aromatic carbocycles. The molecule has 0 saturated carbocycles.